The first-order chi connectivity index (χ1) is 17.2. The summed E-state index contributed by atoms with van der Waals surface area (Å²) >= 11 is 0. The zero-order valence-electron chi connectivity index (χ0n) is 22.9. The molecule has 3 aromatic rings. The highest BCUT2D eigenvalue weighted by molar-refractivity contribution is 5.89. The number of H-pyrrole nitrogens is 1. The van der Waals surface area contributed by atoms with Crippen LogP contribution in [0, 0.1) is 0 Å². The number of carbonyl (C=O) groups is 1. The molecule has 1 amide bonds. The molecule has 36 heavy (non-hydrogen) atoms. The van der Waals surface area contributed by atoms with Gasteiger partial charge in [0.1, 0.15) is 17.4 Å². The molecule has 0 unspecified atom stereocenters. The summed E-state index contributed by atoms with van der Waals surface area (Å²) in [4.78, 5) is 19.9. The predicted octanol–water partition coefficient (Wildman–Crippen LogP) is 8.03. The van der Waals surface area contributed by atoms with E-state index < -0.39 is 0 Å². The predicted molar refractivity (Wildman–Crippen MR) is 150 cm³/mol. The van der Waals surface area contributed by atoms with Gasteiger partial charge in [-0.05, 0) is 54.6 Å². The molecule has 0 aliphatic carbocycles. The van der Waals surface area contributed by atoms with E-state index in [0.29, 0.717) is 18.8 Å². The summed E-state index contributed by atoms with van der Waals surface area (Å²) < 4.78 is 6.26. The fraction of sp³-hybridized carbons (Fsp3) is 0.484. The summed E-state index contributed by atoms with van der Waals surface area (Å²) in [6.45, 7) is 14.3. The Labute approximate surface area is 217 Å². The van der Waals surface area contributed by atoms with Gasteiger partial charge in [-0.2, -0.15) is 0 Å². The number of hydrogen-bond acceptors (Lipinski definition) is 3. The Morgan fingerprint density at radius 3 is 2.36 bits per heavy atom. The van der Waals surface area contributed by atoms with Gasteiger partial charge in [0, 0.05) is 17.5 Å². The lowest BCUT2D eigenvalue weighted by atomic mass is 9.76. The quantitative estimate of drug-likeness (QED) is 0.239. The Balaban J connectivity index is 1.45. The van der Waals surface area contributed by atoms with Gasteiger partial charge in [0.2, 0.25) is 5.91 Å². The molecule has 3 rings (SSSR count). The summed E-state index contributed by atoms with van der Waals surface area (Å²) in [7, 11) is 0. The van der Waals surface area contributed by atoms with Crippen molar-refractivity contribution in [2.75, 3.05) is 11.9 Å². The van der Waals surface area contributed by atoms with Crippen molar-refractivity contribution in [3.05, 3.63) is 65.9 Å². The highest BCUT2D eigenvalue weighted by Gasteiger charge is 2.26. The fourth-order valence-electron chi connectivity index (χ4n) is 4.09. The normalized spacial score (nSPS) is 11.9. The molecule has 0 spiro atoms. The van der Waals surface area contributed by atoms with Crippen molar-refractivity contribution in [1.29, 1.82) is 0 Å². The van der Waals surface area contributed by atoms with Crippen LogP contribution in [-0.2, 0) is 15.6 Å². The highest BCUT2D eigenvalue weighted by Crippen LogP contribution is 2.38. The van der Waals surface area contributed by atoms with Crippen LogP contribution in [-0.4, -0.2) is 22.5 Å². The third kappa shape index (κ3) is 7.22. The summed E-state index contributed by atoms with van der Waals surface area (Å²) in [5.41, 5.74) is 3.86. The molecule has 0 bridgehead atoms. The number of amides is 1. The van der Waals surface area contributed by atoms with Crippen LogP contribution in [0.1, 0.15) is 91.2 Å². The first-order valence-electron chi connectivity index (χ1n) is 13.3. The largest absolute Gasteiger partial charge is 0.493 e. The van der Waals surface area contributed by atoms with Gasteiger partial charge in [-0.15, -0.1) is 0 Å². The minimum absolute atomic E-state index is 0.000268. The molecular weight excluding hydrogens is 446 g/mol. The van der Waals surface area contributed by atoms with Gasteiger partial charge in [0.05, 0.1) is 12.8 Å². The van der Waals surface area contributed by atoms with Gasteiger partial charge in [0.25, 0.3) is 0 Å². The maximum absolute atomic E-state index is 12.3. The Morgan fingerprint density at radius 1 is 0.944 bits per heavy atom. The first-order valence-corrected chi connectivity index (χ1v) is 13.3. The monoisotopic (exact) mass is 489 g/mol. The van der Waals surface area contributed by atoms with Crippen molar-refractivity contribution in [3.63, 3.8) is 0 Å². The summed E-state index contributed by atoms with van der Waals surface area (Å²) in [5.74, 6) is 2.37. The Hall–Kier alpha value is -3.08. The highest BCUT2D eigenvalue weighted by atomic mass is 16.5. The van der Waals surface area contributed by atoms with Crippen molar-refractivity contribution in [3.8, 4) is 17.1 Å². The molecule has 0 radical (unpaired) electrons. The number of imidazole rings is 1. The second-order valence-electron chi connectivity index (χ2n) is 10.9. The van der Waals surface area contributed by atoms with Gasteiger partial charge in [0.15, 0.2) is 0 Å². The summed E-state index contributed by atoms with van der Waals surface area (Å²) in [6, 6.07) is 16.6. The van der Waals surface area contributed by atoms with Crippen LogP contribution in [0.3, 0.4) is 0 Å². The number of carbonyl (C=O) groups excluding carboxylic acids is 1. The number of aromatic amines is 1. The van der Waals surface area contributed by atoms with Crippen LogP contribution in [0.5, 0.6) is 5.75 Å². The minimum Gasteiger partial charge on any atom is -0.493 e. The number of ether oxygens (including phenoxy) is 1. The van der Waals surface area contributed by atoms with E-state index in [9.17, 15) is 4.79 Å². The number of aromatic nitrogens is 2. The Bertz CT molecular complexity index is 1120. The molecule has 0 saturated heterocycles. The maximum Gasteiger partial charge on any atom is 0.225 e. The molecule has 1 aromatic heterocycles. The number of nitrogens with zero attached hydrogens (tertiary/aromatic N) is 1. The molecule has 0 aliphatic heterocycles. The average Bonchev–Trinajstić information content (AvgIpc) is 3.35. The lowest BCUT2D eigenvalue weighted by Crippen LogP contribution is -2.21. The molecule has 0 fully saturated rings. The van der Waals surface area contributed by atoms with E-state index in [-0.39, 0.29) is 16.7 Å². The molecule has 2 aromatic carbocycles. The standard InChI is InChI=1S/C31H43N3O2/c1-7-30(3,4)24-18-19-26(25(21-24)31(5,6)8-2)36-20-14-10-13-17-28(35)33-27-22-32-29(34-27)23-15-11-9-12-16-23/h9,11-12,15-16,18-19,21-22H,7-8,10,13-14,17,20H2,1-6H3,(H,32,34)(H,33,35). The molecule has 1 heterocycles. The Kier molecular flexibility index (Phi) is 9.36. The number of anilines is 1. The molecule has 0 aliphatic rings. The second-order valence-corrected chi connectivity index (χ2v) is 10.9. The van der Waals surface area contributed by atoms with Crippen molar-refractivity contribution in [1.82, 2.24) is 9.97 Å². The van der Waals surface area contributed by atoms with E-state index in [2.05, 4.69) is 75.0 Å². The van der Waals surface area contributed by atoms with E-state index in [1.54, 1.807) is 6.20 Å². The maximum atomic E-state index is 12.3. The molecule has 0 atom stereocenters. The van der Waals surface area contributed by atoms with Gasteiger partial charge in [-0.25, -0.2) is 4.98 Å². The minimum atomic E-state index is 0.000268. The molecular formula is C31H43N3O2. The third-order valence-corrected chi connectivity index (χ3v) is 7.46. The Morgan fingerprint density at radius 2 is 1.67 bits per heavy atom. The molecule has 0 saturated carbocycles. The van der Waals surface area contributed by atoms with Gasteiger partial charge >= 0.3 is 0 Å². The number of nitrogens with one attached hydrogen (secondary N) is 2. The number of rotatable bonds is 13. The zero-order chi connectivity index (χ0) is 26.2. The second kappa shape index (κ2) is 12.2. The van der Waals surface area contributed by atoms with Crippen LogP contribution in [0.2, 0.25) is 0 Å². The van der Waals surface area contributed by atoms with Crippen LogP contribution in [0.15, 0.2) is 54.7 Å². The zero-order valence-corrected chi connectivity index (χ0v) is 22.9. The topological polar surface area (TPSA) is 67.0 Å². The number of unbranched alkanes of at least 4 members (excludes halogenated alkanes) is 2. The third-order valence-electron chi connectivity index (χ3n) is 7.46. The van der Waals surface area contributed by atoms with E-state index in [4.69, 9.17) is 4.74 Å². The SMILES string of the molecule is CCC(C)(C)c1ccc(OCCCCCC(=O)Nc2cnc(-c3ccccc3)[nH]2)c(C(C)(C)CC)c1. The summed E-state index contributed by atoms with van der Waals surface area (Å²) in [6.07, 6.45) is 6.98. The van der Waals surface area contributed by atoms with Crippen molar-refractivity contribution >= 4 is 11.7 Å². The van der Waals surface area contributed by atoms with Gasteiger partial charge in [-0.3, -0.25) is 4.79 Å². The van der Waals surface area contributed by atoms with E-state index in [1.807, 2.05) is 30.3 Å². The van der Waals surface area contributed by atoms with Crippen LogP contribution in [0.4, 0.5) is 5.82 Å². The van der Waals surface area contributed by atoms with Crippen molar-refractivity contribution in [2.24, 2.45) is 0 Å². The number of hydrogen-bond donors (Lipinski definition) is 2. The van der Waals surface area contributed by atoms with E-state index >= 15 is 0 Å². The van der Waals surface area contributed by atoms with Crippen LogP contribution < -0.4 is 10.1 Å². The lowest BCUT2D eigenvalue weighted by molar-refractivity contribution is -0.116. The van der Waals surface area contributed by atoms with Crippen molar-refractivity contribution < 1.29 is 9.53 Å². The van der Waals surface area contributed by atoms with Crippen LogP contribution in [0.25, 0.3) is 11.4 Å². The lowest BCUT2D eigenvalue weighted by Gasteiger charge is -2.30. The smallest absolute Gasteiger partial charge is 0.225 e. The summed E-state index contributed by atoms with van der Waals surface area (Å²) in [5, 5.41) is 2.91. The molecule has 194 valence electrons. The van der Waals surface area contributed by atoms with Crippen LogP contribution >= 0.6 is 0 Å². The fourth-order valence-corrected chi connectivity index (χ4v) is 4.09. The van der Waals surface area contributed by atoms with Crippen molar-refractivity contribution in [2.45, 2.75) is 90.9 Å². The van der Waals surface area contributed by atoms with Gasteiger partial charge in [-0.1, -0.05) is 84.0 Å². The van der Waals surface area contributed by atoms with E-state index in [0.717, 1.165) is 49.2 Å². The molecule has 5 heteroatoms. The first kappa shape index (κ1) is 27.5. The molecule has 5 nitrogen and oxygen atoms in total. The van der Waals surface area contributed by atoms with Gasteiger partial charge < -0.3 is 15.0 Å². The molecule has 2 N–H and O–H groups in total. The average molecular weight is 490 g/mol. The number of benzene rings is 2. The van der Waals surface area contributed by atoms with E-state index in [1.165, 1.54) is 11.1 Å².